The van der Waals surface area contributed by atoms with E-state index >= 15 is 0 Å². The summed E-state index contributed by atoms with van der Waals surface area (Å²) in [6.45, 7) is 11.5. The van der Waals surface area contributed by atoms with Gasteiger partial charge in [0.1, 0.15) is 0 Å². The van der Waals surface area contributed by atoms with Crippen LogP contribution >= 0.6 is 12.2 Å². The van der Waals surface area contributed by atoms with Crippen LogP contribution in [0.4, 0.5) is 5.69 Å². The van der Waals surface area contributed by atoms with Crippen molar-refractivity contribution in [1.29, 1.82) is 0 Å². The first-order valence-electron chi connectivity index (χ1n) is 8.50. The van der Waals surface area contributed by atoms with E-state index in [1.54, 1.807) is 4.90 Å². The first-order valence-corrected chi connectivity index (χ1v) is 8.91. The van der Waals surface area contributed by atoms with Crippen molar-refractivity contribution in [3.05, 3.63) is 29.3 Å². The highest BCUT2D eigenvalue weighted by atomic mass is 32.1. The maximum Gasteiger partial charge on any atom is 0.170 e. The van der Waals surface area contributed by atoms with E-state index in [-0.39, 0.29) is 0 Å². The van der Waals surface area contributed by atoms with Crippen LogP contribution in [0.1, 0.15) is 37.3 Å². The Morgan fingerprint density at radius 3 is 2.64 bits per heavy atom. The van der Waals surface area contributed by atoms with Crippen molar-refractivity contribution in [2.24, 2.45) is 5.92 Å². The average molecular weight is 321 g/mol. The molecule has 122 valence electrons. The summed E-state index contributed by atoms with van der Waals surface area (Å²) in [6.07, 6.45) is 3.95. The topological polar surface area (TPSA) is 28.5 Å². The number of hydrogen-bond acceptors (Lipinski definition) is 1. The zero-order valence-corrected chi connectivity index (χ0v) is 15.0. The summed E-state index contributed by atoms with van der Waals surface area (Å²) in [4.78, 5) is 1.76. The highest BCUT2D eigenvalue weighted by molar-refractivity contribution is 7.80. The second-order valence-electron chi connectivity index (χ2n) is 6.72. The van der Waals surface area contributed by atoms with Crippen LogP contribution in [0.15, 0.2) is 18.2 Å². The maximum atomic E-state index is 5.37. The molecule has 0 bridgehead atoms. The molecule has 1 saturated heterocycles. The fourth-order valence-electron chi connectivity index (χ4n) is 2.96. The van der Waals surface area contributed by atoms with Crippen LogP contribution in [0, 0.1) is 19.8 Å². The first kappa shape index (κ1) is 17.2. The molecule has 0 saturated carbocycles. The van der Waals surface area contributed by atoms with Gasteiger partial charge >= 0.3 is 0 Å². The van der Waals surface area contributed by atoms with Gasteiger partial charge in [0.15, 0.2) is 5.11 Å². The van der Waals surface area contributed by atoms with Crippen LogP contribution in [-0.4, -0.2) is 31.3 Å². The van der Waals surface area contributed by atoms with E-state index in [1.165, 1.54) is 50.0 Å². The molecule has 0 radical (unpaired) electrons. The smallest absolute Gasteiger partial charge is 0.170 e. The number of rotatable bonds is 5. The normalized spacial score (nSPS) is 21.4. The van der Waals surface area contributed by atoms with Gasteiger partial charge in [-0.05, 0) is 68.1 Å². The van der Waals surface area contributed by atoms with Gasteiger partial charge in [0.2, 0.25) is 0 Å². The number of benzene rings is 1. The minimum atomic E-state index is 0.727. The van der Waals surface area contributed by atoms with Gasteiger partial charge in [-0.3, -0.25) is 0 Å². The van der Waals surface area contributed by atoms with Gasteiger partial charge in [0.25, 0.3) is 0 Å². The predicted octanol–water partition coefficient (Wildman–Crippen LogP) is 2.29. The van der Waals surface area contributed by atoms with E-state index in [1.807, 2.05) is 0 Å². The third-order valence-corrected chi connectivity index (χ3v) is 4.99. The van der Waals surface area contributed by atoms with Crippen molar-refractivity contribution in [1.82, 2.24) is 5.32 Å². The van der Waals surface area contributed by atoms with E-state index in [0.29, 0.717) is 0 Å². The van der Waals surface area contributed by atoms with Crippen molar-refractivity contribution in [2.45, 2.75) is 40.0 Å². The second-order valence-corrected chi connectivity index (χ2v) is 7.12. The molecule has 0 unspecified atom stereocenters. The van der Waals surface area contributed by atoms with Crippen molar-refractivity contribution in [3.8, 4) is 0 Å². The molecule has 1 fully saturated rings. The lowest BCUT2D eigenvalue weighted by atomic mass is 9.99. The first-order chi connectivity index (χ1) is 10.5. The lowest BCUT2D eigenvalue weighted by molar-refractivity contribution is -0.906. The third-order valence-electron chi connectivity index (χ3n) is 4.74. The van der Waals surface area contributed by atoms with Crippen LogP contribution in [0.25, 0.3) is 0 Å². The Balaban J connectivity index is 1.62. The Kier molecular flexibility index (Phi) is 6.65. The molecule has 3 N–H and O–H groups in total. The highest BCUT2D eigenvalue weighted by Gasteiger charge is 2.17. The van der Waals surface area contributed by atoms with Gasteiger partial charge in [0, 0.05) is 18.7 Å². The molecule has 0 spiro atoms. The molecule has 1 heterocycles. The molecule has 1 aromatic rings. The number of hydrogen-bond donors (Lipinski definition) is 3. The van der Waals surface area contributed by atoms with Crippen molar-refractivity contribution in [3.63, 3.8) is 0 Å². The Labute approximate surface area is 140 Å². The molecule has 4 heteroatoms. The standard InChI is InChI=1S/C18H29N3S/c1-14-7-11-21(12-8-14)10-4-9-19-18(22)20-17-6-5-15(2)16(3)13-17/h5-6,13-14H,4,7-12H2,1-3H3,(H2,19,20,22)/p+1. The molecule has 1 aliphatic rings. The summed E-state index contributed by atoms with van der Waals surface area (Å²) >= 11 is 5.37. The Morgan fingerprint density at radius 2 is 1.95 bits per heavy atom. The minimum absolute atomic E-state index is 0.727. The number of nitrogens with one attached hydrogen (secondary N) is 3. The fourth-order valence-corrected chi connectivity index (χ4v) is 3.18. The van der Waals surface area contributed by atoms with E-state index < -0.39 is 0 Å². The number of thiocarbonyl (C=S) groups is 1. The molecule has 22 heavy (non-hydrogen) atoms. The van der Waals surface area contributed by atoms with Crippen molar-refractivity contribution < 1.29 is 4.90 Å². The van der Waals surface area contributed by atoms with Gasteiger partial charge < -0.3 is 15.5 Å². The van der Waals surface area contributed by atoms with E-state index in [4.69, 9.17) is 12.2 Å². The number of aryl methyl sites for hydroxylation is 2. The highest BCUT2D eigenvalue weighted by Crippen LogP contribution is 2.13. The van der Waals surface area contributed by atoms with E-state index in [9.17, 15) is 0 Å². The molecule has 0 atom stereocenters. The summed E-state index contributed by atoms with van der Waals surface area (Å²) in [7, 11) is 0. The van der Waals surface area contributed by atoms with Crippen LogP contribution in [0.5, 0.6) is 0 Å². The molecule has 2 rings (SSSR count). The zero-order chi connectivity index (χ0) is 15.9. The number of quaternary nitrogens is 1. The molecule has 1 aliphatic heterocycles. The summed E-state index contributed by atoms with van der Waals surface area (Å²) in [5.41, 5.74) is 3.66. The van der Waals surface area contributed by atoms with E-state index in [2.05, 4.69) is 49.6 Å². The molecular weight excluding hydrogens is 290 g/mol. The third kappa shape index (κ3) is 5.58. The molecular formula is C18H30N3S+. The van der Waals surface area contributed by atoms with Gasteiger partial charge in [0.05, 0.1) is 19.6 Å². The Morgan fingerprint density at radius 1 is 1.23 bits per heavy atom. The Hall–Kier alpha value is -1.13. The SMILES string of the molecule is Cc1ccc(NC(=S)NCCC[NH+]2CCC(C)CC2)cc1C. The van der Waals surface area contributed by atoms with Gasteiger partial charge in [-0.15, -0.1) is 0 Å². The molecule has 0 aromatic heterocycles. The van der Waals surface area contributed by atoms with Crippen LogP contribution in [-0.2, 0) is 0 Å². The lowest BCUT2D eigenvalue weighted by Gasteiger charge is -2.27. The summed E-state index contributed by atoms with van der Waals surface area (Å²) in [5, 5.41) is 7.32. The fraction of sp³-hybridized carbons (Fsp3) is 0.611. The van der Waals surface area contributed by atoms with Crippen LogP contribution in [0.2, 0.25) is 0 Å². The largest absolute Gasteiger partial charge is 0.362 e. The summed E-state index contributed by atoms with van der Waals surface area (Å²) in [5.74, 6) is 0.927. The molecule has 1 aromatic carbocycles. The monoisotopic (exact) mass is 320 g/mol. The number of anilines is 1. The molecule has 0 amide bonds. The van der Waals surface area contributed by atoms with Crippen molar-refractivity contribution in [2.75, 3.05) is 31.5 Å². The summed E-state index contributed by atoms with van der Waals surface area (Å²) < 4.78 is 0. The van der Waals surface area contributed by atoms with Crippen LogP contribution in [0.3, 0.4) is 0 Å². The maximum absolute atomic E-state index is 5.37. The minimum Gasteiger partial charge on any atom is -0.362 e. The number of likely N-dealkylation sites (tertiary alicyclic amines) is 1. The summed E-state index contributed by atoms with van der Waals surface area (Å²) in [6, 6.07) is 6.35. The quantitative estimate of drug-likeness (QED) is 0.574. The molecule has 0 aliphatic carbocycles. The molecule has 3 nitrogen and oxygen atoms in total. The zero-order valence-electron chi connectivity index (χ0n) is 14.2. The second kappa shape index (κ2) is 8.49. The van der Waals surface area contributed by atoms with Gasteiger partial charge in [-0.2, -0.15) is 0 Å². The lowest BCUT2D eigenvalue weighted by Crippen LogP contribution is -3.13. The van der Waals surface area contributed by atoms with E-state index in [0.717, 1.165) is 23.3 Å². The van der Waals surface area contributed by atoms with Gasteiger partial charge in [-0.25, -0.2) is 0 Å². The van der Waals surface area contributed by atoms with Crippen molar-refractivity contribution >= 4 is 23.0 Å². The average Bonchev–Trinajstić information content (AvgIpc) is 2.49. The number of piperidine rings is 1. The predicted molar refractivity (Wildman–Crippen MR) is 98.7 cm³/mol. The van der Waals surface area contributed by atoms with Crippen LogP contribution < -0.4 is 15.5 Å². The Bertz CT molecular complexity index is 493. The van der Waals surface area contributed by atoms with Gasteiger partial charge in [-0.1, -0.05) is 13.0 Å².